The van der Waals surface area contributed by atoms with Crippen LogP contribution in [0.25, 0.3) is 5.82 Å². The van der Waals surface area contributed by atoms with Crippen LogP contribution in [0.1, 0.15) is 31.0 Å². The first-order chi connectivity index (χ1) is 14.7. The molecule has 0 aliphatic heterocycles. The van der Waals surface area contributed by atoms with E-state index in [1.807, 2.05) is 29.1 Å². The number of hydrogen-bond acceptors (Lipinski definition) is 4. The molecule has 3 rings (SSSR count). The minimum atomic E-state index is 0.286. The van der Waals surface area contributed by atoms with Crippen LogP contribution in [0.15, 0.2) is 72.4 Å². The van der Waals surface area contributed by atoms with Crippen molar-refractivity contribution >= 4 is 5.96 Å². The van der Waals surface area contributed by atoms with Crippen molar-refractivity contribution in [3.8, 4) is 5.82 Å². The molecule has 2 N–H and O–H groups in total. The van der Waals surface area contributed by atoms with Crippen molar-refractivity contribution in [2.24, 2.45) is 4.99 Å². The summed E-state index contributed by atoms with van der Waals surface area (Å²) in [6.45, 7) is 7.84. The molecule has 7 nitrogen and oxygen atoms in total. The quantitative estimate of drug-likeness (QED) is 0.423. The lowest BCUT2D eigenvalue weighted by Crippen LogP contribution is -2.43. The summed E-state index contributed by atoms with van der Waals surface area (Å²) in [5.74, 6) is 1.63. The number of nitrogens with one attached hydrogen (secondary N) is 2. The number of aliphatic imine (C=N–C) groups is 1. The summed E-state index contributed by atoms with van der Waals surface area (Å²) in [6.07, 6.45) is 7.19. The van der Waals surface area contributed by atoms with Crippen molar-refractivity contribution in [3.63, 3.8) is 0 Å². The average Bonchev–Trinajstić information content (AvgIpc) is 3.34. The monoisotopic (exact) mass is 405 g/mol. The zero-order valence-electron chi connectivity index (χ0n) is 18.0. The first kappa shape index (κ1) is 21.5. The number of aromatic nitrogens is 3. The van der Waals surface area contributed by atoms with Crippen LogP contribution in [0.2, 0.25) is 0 Å². The highest BCUT2D eigenvalue weighted by atomic mass is 15.2. The Labute approximate surface area is 178 Å². The topological polar surface area (TPSA) is 70.4 Å². The fourth-order valence-corrected chi connectivity index (χ4v) is 3.50. The minimum absolute atomic E-state index is 0.286. The van der Waals surface area contributed by atoms with E-state index >= 15 is 0 Å². The van der Waals surface area contributed by atoms with Gasteiger partial charge in [-0.15, -0.1) is 0 Å². The smallest absolute Gasteiger partial charge is 0.191 e. The van der Waals surface area contributed by atoms with Gasteiger partial charge < -0.3 is 10.6 Å². The third-order valence-corrected chi connectivity index (χ3v) is 5.16. The van der Waals surface area contributed by atoms with E-state index in [2.05, 4.69) is 74.7 Å². The van der Waals surface area contributed by atoms with Gasteiger partial charge in [-0.2, -0.15) is 0 Å². The maximum Gasteiger partial charge on any atom is 0.191 e. The standard InChI is InChI=1S/C23H31N7/c1-4-29(5-2)21(20-9-7-6-8-10-20)17-28-23(24-3)27-16-19-11-12-26-22(15-19)30-14-13-25-18-30/h6-15,18,21H,4-5,16-17H2,1-3H3,(H2,24,27,28). The molecule has 0 aliphatic rings. The van der Waals surface area contributed by atoms with E-state index in [9.17, 15) is 0 Å². The zero-order valence-corrected chi connectivity index (χ0v) is 18.0. The molecule has 0 radical (unpaired) electrons. The molecule has 158 valence electrons. The summed E-state index contributed by atoms with van der Waals surface area (Å²) in [5.41, 5.74) is 2.43. The Morgan fingerprint density at radius 2 is 1.90 bits per heavy atom. The zero-order chi connectivity index (χ0) is 21.2. The van der Waals surface area contributed by atoms with Crippen LogP contribution in [-0.4, -0.2) is 52.1 Å². The molecule has 0 aliphatic carbocycles. The second-order valence-corrected chi connectivity index (χ2v) is 6.95. The molecule has 2 heterocycles. The largest absolute Gasteiger partial charge is 0.354 e. The Morgan fingerprint density at radius 1 is 1.10 bits per heavy atom. The van der Waals surface area contributed by atoms with E-state index in [1.54, 1.807) is 19.6 Å². The van der Waals surface area contributed by atoms with Gasteiger partial charge in [-0.3, -0.25) is 14.5 Å². The summed E-state index contributed by atoms with van der Waals surface area (Å²) < 4.78 is 1.89. The molecule has 1 atom stereocenters. The fraction of sp³-hybridized carbons (Fsp3) is 0.348. The number of imidazole rings is 1. The van der Waals surface area contributed by atoms with E-state index in [0.717, 1.165) is 37.0 Å². The van der Waals surface area contributed by atoms with E-state index < -0.39 is 0 Å². The second-order valence-electron chi connectivity index (χ2n) is 6.95. The first-order valence-electron chi connectivity index (χ1n) is 10.4. The summed E-state index contributed by atoms with van der Waals surface area (Å²) in [7, 11) is 1.80. The van der Waals surface area contributed by atoms with Crippen molar-refractivity contribution in [3.05, 3.63) is 78.5 Å². The van der Waals surface area contributed by atoms with E-state index in [1.165, 1.54) is 5.56 Å². The molecule has 7 heteroatoms. The summed E-state index contributed by atoms with van der Waals surface area (Å²) in [6, 6.07) is 15.0. The maximum atomic E-state index is 4.40. The number of pyridine rings is 1. The summed E-state index contributed by atoms with van der Waals surface area (Å²) in [4.78, 5) is 15.3. The number of nitrogens with zero attached hydrogens (tertiary/aromatic N) is 5. The molecule has 3 aromatic rings. The van der Waals surface area contributed by atoms with Gasteiger partial charge in [0.2, 0.25) is 0 Å². The number of benzene rings is 1. The van der Waals surface area contributed by atoms with Gasteiger partial charge in [0.15, 0.2) is 5.96 Å². The van der Waals surface area contributed by atoms with E-state index in [0.29, 0.717) is 6.54 Å². The van der Waals surface area contributed by atoms with Crippen molar-refractivity contribution in [1.82, 2.24) is 30.1 Å². The van der Waals surface area contributed by atoms with E-state index in [4.69, 9.17) is 0 Å². The molecule has 0 amide bonds. The maximum absolute atomic E-state index is 4.40. The lowest BCUT2D eigenvalue weighted by molar-refractivity contribution is 0.219. The third kappa shape index (κ3) is 5.67. The van der Waals surface area contributed by atoms with Crippen LogP contribution in [0.5, 0.6) is 0 Å². The average molecular weight is 406 g/mol. The van der Waals surface area contributed by atoms with Crippen LogP contribution >= 0.6 is 0 Å². The van der Waals surface area contributed by atoms with Gasteiger partial charge in [0.05, 0.1) is 6.04 Å². The fourth-order valence-electron chi connectivity index (χ4n) is 3.50. The van der Waals surface area contributed by atoms with Crippen molar-refractivity contribution in [1.29, 1.82) is 0 Å². The Hall–Kier alpha value is -3.19. The summed E-state index contributed by atoms with van der Waals surface area (Å²) in [5, 5.41) is 6.90. The highest BCUT2D eigenvalue weighted by Crippen LogP contribution is 2.19. The van der Waals surface area contributed by atoms with Crippen molar-refractivity contribution in [2.45, 2.75) is 26.4 Å². The molecular formula is C23H31N7. The molecule has 0 fully saturated rings. The first-order valence-corrected chi connectivity index (χ1v) is 10.4. The molecule has 30 heavy (non-hydrogen) atoms. The Balaban J connectivity index is 1.62. The van der Waals surface area contributed by atoms with E-state index in [-0.39, 0.29) is 6.04 Å². The van der Waals surface area contributed by atoms with Gasteiger partial charge in [-0.1, -0.05) is 44.2 Å². The predicted molar refractivity (Wildman–Crippen MR) is 122 cm³/mol. The van der Waals surface area contributed by atoms with Gasteiger partial charge in [0, 0.05) is 38.7 Å². The molecular weight excluding hydrogens is 374 g/mol. The Morgan fingerprint density at radius 3 is 2.57 bits per heavy atom. The van der Waals surface area contributed by atoms with Crippen LogP contribution in [0, 0.1) is 0 Å². The van der Waals surface area contributed by atoms with Gasteiger partial charge >= 0.3 is 0 Å². The molecule has 1 aromatic carbocycles. The lowest BCUT2D eigenvalue weighted by atomic mass is 10.1. The highest BCUT2D eigenvalue weighted by molar-refractivity contribution is 5.79. The Bertz CT molecular complexity index is 902. The number of likely N-dealkylation sites (N-methyl/N-ethyl adjacent to an activating group) is 1. The van der Waals surface area contributed by atoms with Crippen LogP contribution < -0.4 is 10.6 Å². The molecule has 1 unspecified atom stereocenters. The minimum Gasteiger partial charge on any atom is -0.354 e. The molecule has 0 saturated carbocycles. The van der Waals surface area contributed by atoms with Gasteiger partial charge in [0.25, 0.3) is 0 Å². The highest BCUT2D eigenvalue weighted by Gasteiger charge is 2.18. The molecule has 0 bridgehead atoms. The second kappa shape index (κ2) is 11.1. The predicted octanol–water partition coefficient (Wildman–Crippen LogP) is 3.02. The normalized spacial score (nSPS) is 12.7. The van der Waals surface area contributed by atoms with Crippen molar-refractivity contribution in [2.75, 3.05) is 26.7 Å². The Kier molecular flexibility index (Phi) is 7.97. The number of guanidine groups is 1. The molecule has 2 aromatic heterocycles. The van der Waals surface area contributed by atoms with Crippen LogP contribution in [0.4, 0.5) is 0 Å². The summed E-state index contributed by atoms with van der Waals surface area (Å²) >= 11 is 0. The van der Waals surface area contributed by atoms with Gasteiger partial charge in [-0.05, 0) is 36.3 Å². The third-order valence-electron chi connectivity index (χ3n) is 5.16. The number of rotatable bonds is 9. The molecule has 0 spiro atoms. The molecule has 0 saturated heterocycles. The van der Waals surface area contributed by atoms with Gasteiger partial charge in [-0.25, -0.2) is 9.97 Å². The SMILES string of the molecule is CCN(CC)C(CNC(=NC)NCc1ccnc(-n2ccnc2)c1)c1ccccc1. The van der Waals surface area contributed by atoms with Crippen LogP contribution in [-0.2, 0) is 6.54 Å². The van der Waals surface area contributed by atoms with Gasteiger partial charge in [0.1, 0.15) is 12.1 Å². The van der Waals surface area contributed by atoms with Crippen molar-refractivity contribution < 1.29 is 0 Å². The number of hydrogen-bond donors (Lipinski definition) is 2. The lowest BCUT2D eigenvalue weighted by Gasteiger charge is -2.30. The van der Waals surface area contributed by atoms with Crippen LogP contribution in [0.3, 0.4) is 0 Å².